The second kappa shape index (κ2) is 7.55. The van der Waals surface area contributed by atoms with Gasteiger partial charge in [-0.2, -0.15) is 13.2 Å². The van der Waals surface area contributed by atoms with Gasteiger partial charge < -0.3 is 5.32 Å². The average Bonchev–Trinajstić information content (AvgIpc) is 2.44. The third-order valence-electron chi connectivity index (χ3n) is 2.70. The SMILES string of the molecule is CC(=O)c1ccc(S(=O)(=O)NCCC(=O)NCC(F)(F)F)cc1. The number of amides is 1. The fraction of sp³-hybridized carbons (Fsp3) is 0.385. The van der Waals surface area contributed by atoms with Gasteiger partial charge >= 0.3 is 6.18 Å². The van der Waals surface area contributed by atoms with Gasteiger partial charge in [-0.05, 0) is 19.1 Å². The Labute approximate surface area is 131 Å². The molecule has 1 aromatic carbocycles. The van der Waals surface area contributed by atoms with Crippen molar-refractivity contribution in [3.05, 3.63) is 29.8 Å². The summed E-state index contributed by atoms with van der Waals surface area (Å²) in [4.78, 5) is 22.1. The quantitative estimate of drug-likeness (QED) is 0.722. The summed E-state index contributed by atoms with van der Waals surface area (Å²) in [6, 6.07) is 5.13. The first-order chi connectivity index (χ1) is 10.5. The molecule has 128 valence electrons. The van der Waals surface area contributed by atoms with E-state index in [1.807, 2.05) is 0 Å². The molecule has 0 spiro atoms. The fourth-order valence-corrected chi connectivity index (χ4v) is 2.57. The molecular formula is C13H15F3N2O4S. The van der Waals surface area contributed by atoms with E-state index >= 15 is 0 Å². The Bertz CT molecular complexity index is 669. The van der Waals surface area contributed by atoms with Crippen LogP contribution in [0.3, 0.4) is 0 Å². The van der Waals surface area contributed by atoms with Gasteiger partial charge in [0.15, 0.2) is 5.78 Å². The first-order valence-electron chi connectivity index (χ1n) is 6.45. The molecular weight excluding hydrogens is 337 g/mol. The highest BCUT2D eigenvalue weighted by Crippen LogP contribution is 2.12. The highest BCUT2D eigenvalue weighted by Gasteiger charge is 2.27. The average molecular weight is 352 g/mol. The standard InChI is InChI=1S/C13H15F3N2O4S/c1-9(19)10-2-4-11(5-3-10)23(21,22)18-7-6-12(20)17-8-13(14,15)16/h2-5,18H,6-8H2,1H3,(H,17,20). The predicted octanol–water partition coefficient (Wildman–Crippen LogP) is 1.24. The van der Waals surface area contributed by atoms with Crippen LogP contribution in [0.25, 0.3) is 0 Å². The topological polar surface area (TPSA) is 92.3 Å². The van der Waals surface area contributed by atoms with Crippen LogP contribution < -0.4 is 10.0 Å². The van der Waals surface area contributed by atoms with Gasteiger partial charge in [-0.15, -0.1) is 0 Å². The van der Waals surface area contributed by atoms with Crippen LogP contribution in [0.4, 0.5) is 13.2 Å². The maximum atomic E-state index is 11.9. The number of sulfonamides is 1. The molecule has 1 rings (SSSR count). The van der Waals surface area contributed by atoms with Crippen LogP contribution in [-0.4, -0.2) is 39.4 Å². The first kappa shape index (κ1) is 19.1. The number of carbonyl (C=O) groups excluding carboxylic acids is 2. The normalized spacial score (nSPS) is 12.0. The highest BCUT2D eigenvalue weighted by molar-refractivity contribution is 7.89. The Kier molecular flexibility index (Phi) is 6.28. The maximum absolute atomic E-state index is 11.9. The smallest absolute Gasteiger partial charge is 0.347 e. The number of hydrogen-bond donors (Lipinski definition) is 2. The molecule has 0 saturated heterocycles. The maximum Gasteiger partial charge on any atom is 0.405 e. The first-order valence-corrected chi connectivity index (χ1v) is 7.94. The van der Waals surface area contributed by atoms with Crippen LogP contribution in [0.5, 0.6) is 0 Å². The number of halogens is 3. The Hall–Kier alpha value is -1.94. The van der Waals surface area contributed by atoms with Crippen LogP contribution in [0.1, 0.15) is 23.7 Å². The van der Waals surface area contributed by atoms with Gasteiger partial charge in [-0.25, -0.2) is 13.1 Å². The summed E-state index contributed by atoms with van der Waals surface area (Å²) in [5.41, 5.74) is 0.343. The molecule has 0 fully saturated rings. The van der Waals surface area contributed by atoms with E-state index in [1.165, 1.54) is 31.2 Å². The molecule has 0 aromatic heterocycles. The molecule has 0 heterocycles. The number of alkyl halides is 3. The molecule has 0 aliphatic rings. The van der Waals surface area contributed by atoms with Crippen LogP contribution in [0.2, 0.25) is 0 Å². The second-order valence-corrected chi connectivity index (χ2v) is 6.39. The van der Waals surface area contributed by atoms with Crippen LogP contribution >= 0.6 is 0 Å². The van der Waals surface area contributed by atoms with Crippen molar-refractivity contribution in [3.8, 4) is 0 Å². The number of ketones is 1. The zero-order chi connectivity index (χ0) is 17.7. The molecule has 0 radical (unpaired) electrons. The van der Waals surface area contributed by atoms with Gasteiger partial charge in [0.2, 0.25) is 15.9 Å². The summed E-state index contributed by atoms with van der Waals surface area (Å²) in [6.45, 7) is -0.479. The van der Waals surface area contributed by atoms with Crippen LogP contribution in [0, 0.1) is 0 Å². The van der Waals surface area contributed by atoms with E-state index in [-0.39, 0.29) is 17.2 Å². The van der Waals surface area contributed by atoms with Crippen molar-refractivity contribution in [1.82, 2.24) is 10.0 Å². The van der Waals surface area contributed by atoms with E-state index in [9.17, 15) is 31.2 Å². The molecule has 0 saturated carbocycles. The molecule has 0 bridgehead atoms. The summed E-state index contributed by atoms with van der Waals surface area (Å²) in [5, 5.41) is 1.63. The minimum atomic E-state index is -4.52. The molecule has 23 heavy (non-hydrogen) atoms. The molecule has 0 aliphatic carbocycles. The molecule has 1 amide bonds. The summed E-state index contributed by atoms with van der Waals surface area (Å²) in [5.74, 6) is -1.14. The monoisotopic (exact) mass is 352 g/mol. The lowest BCUT2D eigenvalue weighted by molar-refractivity contribution is -0.138. The minimum absolute atomic E-state index is 0.113. The number of Topliss-reactive ketones (excluding diaryl/α,β-unsaturated/α-hetero) is 1. The molecule has 6 nitrogen and oxygen atoms in total. The van der Waals surface area contributed by atoms with Gasteiger partial charge in [-0.3, -0.25) is 9.59 Å². The molecule has 10 heteroatoms. The predicted molar refractivity (Wildman–Crippen MR) is 75.3 cm³/mol. The Morgan fingerprint density at radius 1 is 1.13 bits per heavy atom. The highest BCUT2D eigenvalue weighted by atomic mass is 32.2. The Balaban J connectivity index is 2.53. The van der Waals surface area contributed by atoms with Gasteiger partial charge in [0.1, 0.15) is 6.54 Å². The lowest BCUT2D eigenvalue weighted by Crippen LogP contribution is -2.36. The third kappa shape index (κ3) is 6.78. The molecule has 2 N–H and O–H groups in total. The van der Waals surface area contributed by atoms with Crippen molar-refractivity contribution in [2.75, 3.05) is 13.1 Å². The van der Waals surface area contributed by atoms with Gasteiger partial charge in [0.05, 0.1) is 4.90 Å². The number of nitrogens with one attached hydrogen (secondary N) is 2. The summed E-state index contributed by atoms with van der Waals surface area (Å²) >= 11 is 0. The lowest BCUT2D eigenvalue weighted by Gasteiger charge is -2.09. The van der Waals surface area contributed by atoms with Gasteiger partial charge in [0.25, 0.3) is 0 Å². The van der Waals surface area contributed by atoms with E-state index in [4.69, 9.17) is 0 Å². The van der Waals surface area contributed by atoms with E-state index in [1.54, 1.807) is 5.32 Å². The third-order valence-corrected chi connectivity index (χ3v) is 4.18. The summed E-state index contributed by atoms with van der Waals surface area (Å²) in [7, 11) is -3.91. The zero-order valence-corrected chi connectivity index (χ0v) is 12.9. The lowest BCUT2D eigenvalue weighted by atomic mass is 10.2. The Morgan fingerprint density at radius 3 is 2.17 bits per heavy atom. The number of benzene rings is 1. The van der Waals surface area contributed by atoms with E-state index in [0.29, 0.717) is 5.56 Å². The van der Waals surface area contributed by atoms with E-state index < -0.39 is 35.1 Å². The molecule has 0 aliphatic heterocycles. The van der Waals surface area contributed by atoms with Crippen LogP contribution in [0.15, 0.2) is 29.2 Å². The summed E-state index contributed by atoms with van der Waals surface area (Å²) < 4.78 is 61.6. The fourth-order valence-electron chi connectivity index (χ4n) is 1.54. The van der Waals surface area contributed by atoms with Crippen molar-refractivity contribution in [2.45, 2.75) is 24.4 Å². The van der Waals surface area contributed by atoms with Crippen molar-refractivity contribution in [3.63, 3.8) is 0 Å². The van der Waals surface area contributed by atoms with Crippen molar-refractivity contribution in [1.29, 1.82) is 0 Å². The van der Waals surface area contributed by atoms with Gasteiger partial charge in [0, 0.05) is 18.5 Å². The Morgan fingerprint density at radius 2 is 1.70 bits per heavy atom. The van der Waals surface area contributed by atoms with Gasteiger partial charge in [-0.1, -0.05) is 12.1 Å². The van der Waals surface area contributed by atoms with Crippen molar-refractivity contribution >= 4 is 21.7 Å². The van der Waals surface area contributed by atoms with E-state index in [2.05, 4.69) is 4.72 Å². The largest absolute Gasteiger partial charge is 0.405 e. The van der Waals surface area contributed by atoms with Crippen molar-refractivity contribution in [2.24, 2.45) is 0 Å². The van der Waals surface area contributed by atoms with Crippen molar-refractivity contribution < 1.29 is 31.2 Å². The second-order valence-electron chi connectivity index (χ2n) is 4.62. The minimum Gasteiger partial charge on any atom is -0.347 e. The number of carbonyl (C=O) groups is 2. The summed E-state index contributed by atoms with van der Waals surface area (Å²) in [6.07, 6.45) is -4.95. The molecule has 0 atom stereocenters. The number of hydrogen-bond acceptors (Lipinski definition) is 4. The van der Waals surface area contributed by atoms with E-state index in [0.717, 1.165) is 0 Å². The number of rotatable bonds is 7. The zero-order valence-electron chi connectivity index (χ0n) is 12.1. The molecule has 0 unspecified atom stereocenters. The molecule has 1 aromatic rings. The van der Waals surface area contributed by atoms with Crippen LogP contribution in [-0.2, 0) is 14.8 Å².